The van der Waals surface area contributed by atoms with Crippen LogP contribution >= 0.6 is 0 Å². The lowest BCUT2D eigenvalue weighted by Crippen LogP contribution is -2.31. The normalized spacial score (nSPS) is 26.2. The Hall–Kier alpha value is -1.11. The molecule has 118 valence electrons. The van der Waals surface area contributed by atoms with Crippen LogP contribution in [0.1, 0.15) is 30.9 Å². The van der Waals surface area contributed by atoms with Gasteiger partial charge in [-0.15, -0.1) is 0 Å². The van der Waals surface area contributed by atoms with Gasteiger partial charge in [-0.3, -0.25) is 0 Å². The molecule has 1 fully saturated rings. The summed E-state index contributed by atoms with van der Waals surface area (Å²) in [6.45, 7) is 3.12. The van der Waals surface area contributed by atoms with Gasteiger partial charge in [0.2, 0.25) is 0 Å². The minimum atomic E-state index is -4.31. The minimum Gasteiger partial charge on any atom is -0.395 e. The topological polar surface area (TPSA) is 41.5 Å². The molecule has 2 rings (SSSR count). The first-order valence-electron chi connectivity index (χ1n) is 7.02. The van der Waals surface area contributed by atoms with E-state index >= 15 is 0 Å². The monoisotopic (exact) mass is 303 g/mol. The summed E-state index contributed by atoms with van der Waals surface area (Å²) in [5.74, 6) is 0. The van der Waals surface area contributed by atoms with Gasteiger partial charge in [-0.2, -0.15) is 13.2 Å². The van der Waals surface area contributed by atoms with Gasteiger partial charge < -0.3 is 15.2 Å². The number of alkyl halides is 3. The van der Waals surface area contributed by atoms with Gasteiger partial charge in [-0.05, 0) is 37.5 Å². The standard InChI is InChI=1S/C15H20F3NO2/c1-14(7-6-13(21-14)10-19-8-9-20)11-2-4-12(5-3-11)15(16,17)18/h2-5,13,19-20H,6-10H2,1H3/t13-,14+/m0/s1. The highest BCUT2D eigenvalue weighted by Gasteiger charge is 2.38. The van der Waals surface area contributed by atoms with E-state index in [0.717, 1.165) is 30.5 Å². The van der Waals surface area contributed by atoms with Crippen molar-refractivity contribution < 1.29 is 23.0 Å². The molecule has 6 heteroatoms. The van der Waals surface area contributed by atoms with Crippen molar-refractivity contribution >= 4 is 0 Å². The first kappa shape index (κ1) is 16.3. The van der Waals surface area contributed by atoms with E-state index in [2.05, 4.69) is 5.32 Å². The number of rotatable bonds is 5. The summed E-state index contributed by atoms with van der Waals surface area (Å²) < 4.78 is 43.7. The molecular weight excluding hydrogens is 283 g/mol. The van der Waals surface area contributed by atoms with Crippen molar-refractivity contribution in [3.05, 3.63) is 35.4 Å². The number of halogens is 3. The van der Waals surface area contributed by atoms with E-state index < -0.39 is 17.3 Å². The van der Waals surface area contributed by atoms with E-state index in [1.807, 2.05) is 6.92 Å². The van der Waals surface area contributed by atoms with Crippen molar-refractivity contribution in [1.29, 1.82) is 0 Å². The fraction of sp³-hybridized carbons (Fsp3) is 0.600. The Morgan fingerprint density at radius 2 is 2.00 bits per heavy atom. The predicted molar refractivity (Wildman–Crippen MR) is 72.9 cm³/mol. The van der Waals surface area contributed by atoms with Crippen LogP contribution in [0.25, 0.3) is 0 Å². The van der Waals surface area contributed by atoms with Crippen LogP contribution in [0, 0.1) is 0 Å². The third-order valence-electron chi connectivity index (χ3n) is 3.85. The summed E-state index contributed by atoms with van der Waals surface area (Å²) in [5, 5.41) is 11.8. The van der Waals surface area contributed by atoms with Gasteiger partial charge in [0.15, 0.2) is 0 Å². The van der Waals surface area contributed by atoms with E-state index in [0.29, 0.717) is 13.1 Å². The third-order valence-corrected chi connectivity index (χ3v) is 3.85. The van der Waals surface area contributed by atoms with Crippen molar-refractivity contribution in [2.75, 3.05) is 19.7 Å². The van der Waals surface area contributed by atoms with Gasteiger partial charge in [0.25, 0.3) is 0 Å². The quantitative estimate of drug-likeness (QED) is 0.822. The molecule has 0 spiro atoms. The van der Waals surface area contributed by atoms with E-state index in [1.165, 1.54) is 12.1 Å². The molecule has 3 nitrogen and oxygen atoms in total. The molecule has 1 heterocycles. The Morgan fingerprint density at radius 1 is 1.33 bits per heavy atom. The summed E-state index contributed by atoms with van der Waals surface area (Å²) in [6, 6.07) is 5.18. The lowest BCUT2D eigenvalue weighted by Gasteiger charge is -2.26. The smallest absolute Gasteiger partial charge is 0.395 e. The molecule has 0 radical (unpaired) electrons. The van der Waals surface area contributed by atoms with Crippen LogP contribution in [-0.4, -0.2) is 30.9 Å². The molecule has 1 aromatic carbocycles. The van der Waals surface area contributed by atoms with Gasteiger partial charge in [-0.25, -0.2) is 0 Å². The number of hydrogen-bond acceptors (Lipinski definition) is 3. The Balaban J connectivity index is 2.01. The highest BCUT2D eigenvalue weighted by Crippen LogP contribution is 2.39. The molecule has 0 unspecified atom stereocenters. The lowest BCUT2D eigenvalue weighted by atomic mass is 9.92. The Labute approximate surface area is 122 Å². The molecule has 0 aromatic heterocycles. The van der Waals surface area contributed by atoms with E-state index in [-0.39, 0.29) is 12.7 Å². The highest BCUT2D eigenvalue weighted by atomic mass is 19.4. The molecular formula is C15H20F3NO2. The fourth-order valence-corrected chi connectivity index (χ4v) is 2.63. The van der Waals surface area contributed by atoms with Crippen molar-refractivity contribution in [3.63, 3.8) is 0 Å². The van der Waals surface area contributed by atoms with Crippen molar-refractivity contribution in [2.24, 2.45) is 0 Å². The van der Waals surface area contributed by atoms with Crippen molar-refractivity contribution in [2.45, 2.75) is 37.6 Å². The van der Waals surface area contributed by atoms with Gasteiger partial charge in [0.05, 0.1) is 23.9 Å². The van der Waals surface area contributed by atoms with Crippen molar-refractivity contribution in [1.82, 2.24) is 5.32 Å². The van der Waals surface area contributed by atoms with Crippen molar-refractivity contribution in [3.8, 4) is 0 Å². The molecule has 2 N–H and O–H groups in total. The third kappa shape index (κ3) is 3.96. The number of benzene rings is 1. The number of hydrogen-bond donors (Lipinski definition) is 2. The Morgan fingerprint density at radius 3 is 2.57 bits per heavy atom. The molecule has 1 aromatic rings. The average Bonchev–Trinajstić information content (AvgIpc) is 2.81. The molecule has 0 amide bonds. The summed E-state index contributed by atoms with van der Waals surface area (Å²) >= 11 is 0. The number of nitrogens with one attached hydrogen (secondary N) is 1. The van der Waals surface area contributed by atoms with Crippen LogP contribution < -0.4 is 5.32 Å². The summed E-state index contributed by atoms with van der Waals surface area (Å²) in [5.41, 5.74) is -0.426. The van der Waals surface area contributed by atoms with E-state index in [9.17, 15) is 13.2 Å². The zero-order valence-electron chi connectivity index (χ0n) is 11.9. The van der Waals surface area contributed by atoms with Gasteiger partial charge in [0.1, 0.15) is 0 Å². The Kier molecular flexibility index (Phi) is 4.91. The molecule has 1 saturated heterocycles. The number of ether oxygens (including phenoxy) is 1. The lowest BCUT2D eigenvalue weighted by molar-refractivity contribution is -0.137. The maximum atomic E-state index is 12.6. The Bertz CT molecular complexity index is 461. The fourth-order valence-electron chi connectivity index (χ4n) is 2.63. The highest BCUT2D eigenvalue weighted by molar-refractivity contribution is 5.29. The molecule has 0 aliphatic carbocycles. The summed E-state index contributed by atoms with van der Waals surface area (Å²) in [7, 11) is 0. The van der Waals surface area contributed by atoms with Crippen LogP contribution in [0.5, 0.6) is 0 Å². The van der Waals surface area contributed by atoms with Crippen LogP contribution in [0.15, 0.2) is 24.3 Å². The molecule has 2 atom stereocenters. The van der Waals surface area contributed by atoms with Crippen LogP contribution in [0.4, 0.5) is 13.2 Å². The molecule has 1 aliphatic heterocycles. The maximum Gasteiger partial charge on any atom is 0.416 e. The summed E-state index contributed by atoms with van der Waals surface area (Å²) in [6.07, 6.45) is -2.68. The van der Waals surface area contributed by atoms with Crippen LogP contribution in [-0.2, 0) is 16.5 Å². The van der Waals surface area contributed by atoms with Crippen LogP contribution in [0.3, 0.4) is 0 Å². The number of aliphatic hydroxyl groups excluding tert-OH is 1. The maximum absolute atomic E-state index is 12.6. The first-order chi connectivity index (χ1) is 9.85. The van der Waals surface area contributed by atoms with E-state index in [1.54, 1.807) is 0 Å². The SMILES string of the molecule is C[C@]1(c2ccc(C(F)(F)F)cc2)CC[C@@H](CNCCO)O1. The second-order valence-electron chi connectivity index (χ2n) is 5.51. The molecule has 0 bridgehead atoms. The molecule has 0 saturated carbocycles. The number of aliphatic hydroxyl groups is 1. The molecule has 21 heavy (non-hydrogen) atoms. The largest absolute Gasteiger partial charge is 0.416 e. The van der Waals surface area contributed by atoms with E-state index in [4.69, 9.17) is 9.84 Å². The minimum absolute atomic E-state index is 0.0174. The second kappa shape index (κ2) is 6.34. The van der Waals surface area contributed by atoms with Gasteiger partial charge in [0, 0.05) is 13.1 Å². The zero-order chi connectivity index (χ0) is 15.5. The van der Waals surface area contributed by atoms with Gasteiger partial charge in [-0.1, -0.05) is 12.1 Å². The predicted octanol–water partition coefficient (Wildman–Crippen LogP) is 2.68. The average molecular weight is 303 g/mol. The zero-order valence-corrected chi connectivity index (χ0v) is 11.9. The molecule has 1 aliphatic rings. The van der Waals surface area contributed by atoms with Crippen LogP contribution in [0.2, 0.25) is 0 Å². The second-order valence-corrected chi connectivity index (χ2v) is 5.51. The summed E-state index contributed by atoms with van der Waals surface area (Å²) in [4.78, 5) is 0. The first-order valence-corrected chi connectivity index (χ1v) is 7.02. The van der Waals surface area contributed by atoms with Gasteiger partial charge >= 0.3 is 6.18 Å².